The molecule has 0 amide bonds. The molecule has 6 nitrogen and oxygen atoms in total. The summed E-state index contributed by atoms with van der Waals surface area (Å²) >= 11 is 0. The molecule has 0 unspecified atom stereocenters. The first-order valence-corrected chi connectivity index (χ1v) is 11.8. The second kappa shape index (κ2) is 11.9. The maximum atomic E-state index is 12.4. The van der Waals surface area contributed by atoms with Crippen LogP contribution in [0, 0.1) is 0 Å². The van der Waals surface area contributed by atoms with Crippen LogP contribution in [0.2, 0.25) is 0 Å². The molecule has 0 spiro atoms. The van der Waals surface area contributed by atoms with Crippen LogP contribution in [0.4, 0.5) is 0 Å². The monoisotopic (exact) mass is 472 g/mol. The van der Waals surface area contributed by atoms with Gasteiger partial charge in [0, 0.05) is 6.07 Å². The molecule has 0 saturated carbocycles. The number of carbonyl (C=O) groups excluding carboxylic acids is 1. The summed E-state index contributed by atoms with van der Waals surface area (Å²) in [5.41, 5.74) is 2.17. The van der Waals surface area contributed by atoms with Crippen molar-refractivity contribution in [3.63, 3.8) is 0 Å². The van der Waals surface area contributed by atoms with E-state index in [4.69, 9.17) is 18.6 Å². The van der Waals surface area contributed by atoms with Crippen molar-refractivity contribution in [2.24, 2.45) is 0 Å². The van der Waals surface area contributed by atoms with Crippen molar-refractivity contribution < 1.29 is 23.4 Å². The standard InChI is InChI=1S/C29H28O6/c1-2-32-29(31)27-19-25(30)24-12-8-13-26(28(24)35-27)34-20-22-14-16-23(17-15-22)33-18-7-6-11-21-9-4-3-5-10-21/h3-5,8-10,12-17,19H,2,6-7,11,18,20H2,1H3. The second-order valence-electron chi connectivity index (χ2n) is 8.05. The number of fused-ring (bicyclic) bond motifs is 1. The Bertz CT molecular complexity index is 1310. The van der Waals surface area contributed by atoms with Crippen molar-refractivity contribution in [1.29, 1.82) is 0 Å². The minimum Gasteiger partial charge on any atom is -0.494 e. The highest BCUT2D eigenvalue weighted by atomic mass is 16.5. The highest BCUT2D eigenvalue weighted by Gasteiger charge is 2.16. The first kappa shape index (κ1) is 24.1. The summed E-state index contributed by atoms with van der Waals surface area (Å²) in [6.45, 7) is 2.81. The van der Waals surface area contributed by atoms with Gasteiger partial charge in [0.1, 0.15) is 12.4 Å². The Hall–Kier alpha value is -4.06. The zero-order valence-electron chi connectivity index (χ0n) is 19.7. The summed E-state index contributed by atoms with van der Waals surface area (Å²) in [5.74, 6) is 0.357. The van der Waals surface area contributed by atoms with Crippen LogP contribution in [0.25, 0.3) is 11.0 Å². The summed E-state index contributed by atoms with van der Waals surface area (Å²) in [7, 11) is 0. The predicted octanol–water partition coefficient (Wildman–Crippen LogP) is 5.95. The Labute approximate surface area is 204 Å². The molecule has 4 rings (SSSR count). The van der Waals surface area contributed by atoms with Gasteiger partial charge in [-0.25, -0.2) is 4.79 Å². The van der Waals surface area contributed by atoms with E-state index in [0.717, 1.165) is 36.6 Å². The van der Waals surface area contributed by atoms with Crippen LogP contribution in [0.3, 0.4) is 0 Å². The van der Waals surface area contributed by atoms with Crippen molar-refractivity contribution in [3.8, 4) is 11.5 Å². The number of unbranched alkanes of at least 4 members (excludes halogenated alkanes) is 1. The van der Waals surface area contributed by atoms with E-state index in [1.165, 1.54) is 5.56 Å². The van der Waals surface area contributed by atoms with Crippen LogP contribution >= 0.6 is 0 Å². The molecule has 0 bridgehead atoms. The van der Waals surface area contributed by atoms with Crippen molar-refractivity contribution in [2.75, 3.05) is 13.2 Å². The van der Waals surface area contributed by atoms with Crippen LogP contribution in [0.1, 0.15) is 41.4 Å². The average molecular weight is 473 g/mol. The van der Waals surface area contributed by atoms with Gasteiger partial charge in [0.25, 0.3) is 0 Å². The molecule has 6 heteroatoms. The molecule has 180 valence electrons. The third-order valence-corrected chi connectivity index (χ3v) is 5.48. The summed E-state index contributed by atoms with van der Waals surface area (Å²) in [4.78, 5) is 24.5. The fourth-order valence-corrected chi connectivity index (χ4v) is 3.68. The maximum absolute atomic E-state index is 12.4. The number of rotatable bonds is 11. The lowest BCUT2D eigenvalue weighted by atomic mass is 10.1. The Morgan fingerprint density at radius 3 is 2.43 bits per heavy atom. The number of para-hydroxylation sites is 1. The number of esters is 1. The lowest BCUT2D eigenvalue weighted by molar-refractivity contribution is 0.0490. The van der Waals surface area contributed by atoms with Crippen molar-refractivity contribution >= 4 is 16.9 Å². The third kappa shape index (κ3) is 6.51. The molecule has 0 aliphatic heterocycles. The highest BCUT2D eigenvalue weighted by molar-refractivity contribution is 5.90. The lowest BCUT2D eigenvalue weighted by Gasteiger charge is -2.10. The molecule has 0 saturated heterocycles. The van der Waals surface area contributed by atoms with E-state index in [-0.39, 0.29) is 30.0 Å². The molecular formula is C29H28O6. The van der Waals surface area contributed by atoms with E-state index in [2.05, 4.69) is 24.3 Å². The number of aryl methyl sites for hydroxylation is 1. The number of ether oxygens (including phenoxy) is 3. The van der Waals surface area contributed by atoms with E-state index in [0.29, 0.717) is 17.7 Å². The number of benzene rings is 3. The molecule has 0 fully saturated rings. The molecule has 1 heterocycles. The van der Waals surface area contributed by atoms with Gasteiger partial charge in [-0.05, 0) is 61.6 Å². The zero-order valence-corrected chi connectivity index (χ0v) is 19.7. The van der Waals surface area contributed by atoms with Gasteiger partial charge >= 0.3 is 5.97 Å². The van der Waals surface area contributed by atoms with Gasteiger partial charge < -0.3 is 18.6 Å². The molecule has 35 heavy (non-hydrogen) atoms. The number of carbonyl (C=O) groups is 1. The van der Waals surface area contributed by atoms with Gasteiger partial charge in [0.15, 0.2) is 16.8 Å². The number of hydrogen-bond donors (Lipinski definition) is 0. The van der Waals surface area contributed by atoms with Gasteiger partial charge in [-0.3, -0.25) is 4.79 Å². The fourth-order valence-electron chi connectivity index (χ4n) is 3.68. The highest BCUT2D eigenvalue weighted by Crippen LogP contribution is 2.26. The van der Waals surface area contributed by atoms with Gasteiger partial charge in [0.05, 0.1) is 18.6 Å². The molecule has 0 aliphatic rings. The van der Waals surface area contributed by atoms with E-state index in [9.17, 15) is 9.59 Å². The summed E-state index contributed by atoms with van der Waals surface area (Å²) in [5, 5.41) is 0.339. The van der Waals surface area contributed by atoms with Gasteiger partial charge in [0.2, 0.25) is 5.76 Å². The minimum atomic E-state index is -0.683. The Balaban J connectivity index is 1.32. The molecule has 0 N–H and O–H groups in total. The van der Waals surface area contributed by atoms with Crippen LogP contribution in [0.15, 0.2) is 88.1 Å². The van der Waals surface area contributed by atoms with Crippen molar-refractivity contribution in [3.05, 3.63) is 106 Å². The SMILES string of the molecule is CCOC(=O)c1cc(=O)c2cccc(OCc3ccc(OCCCCc4ccccc4)cc3)c2o1. The first-order valence-electron chi connectivity index (χ1n) is 11.8. The molecule has 3 aromatic carbocycles. The fraction of sp³-hybridized carbons (Fsp3) is 0.241. The van der Waals surface area contributed by atoms with E-state index in [1.54, 1.807) is 25.1 Å². The molecule has 4 aromatic rings. The van der Waals surface area contributed by atoms with Gasteiger partial charge in [-0.1, -0.05) is 48.5 Å². The first-order chi connectivity index (χ1) is 17.1. The third-order valence-electron chi connectivity index (χ3n) is 5.48. The molecule has 0 aliphatic carbocycles. The smallest absolute Gasteiger partial charge is 0.374 e. The van der Waals surface area contributed by atoms with Crippen LogP contribution in [0.5, 0.6) is 11.5 Å². The Kier molecular flexibility index (Phi) is 8.17. The van der Waals surface area contributed by atoms with Crippen LogP contribution in [-0.2, 0) is 17.8 Å². The van der Waals surface area contributed by atoms with E-state index in [1.807, 2.05) is 30.3 Å². The Morgan fingerprint density at radius 1 is 0.857 bits per heavy atom. The molecule has 0 atom stereocenters. The zero-order chi connectivity index (χ0) is 24.5. The summed E-state index contributed by atoms with van der Waals surface area (Å²) in [6, 6.07) is 24.3. The number of hydrogen-bond acceptors (Lipinski definition) is 6. The quantitative estimate of drug-likeness (QED) is 0.198. The van der Waals surface area contributed by atoms with E-state index >= 15 is 0 Å². The van der Waals surface area contributed by atoms with Gasteiger partial charge in [-0.2, -0.15) is 0 Å². The van der Waals surface area contributed by atoms with Crippen LogP contribution < -0.4 is 14.9 Å². The normalized spacial score (nSPS) is 10.8. The molecule has 1 aromatic heterocycles. The maximum Gasteiger partial charge on any atom is 0.374 e. The van der Waals surface area contributed by atoms with Gasteiger partial charge in [-0.15, -0.1) is 0 Å². The van der Waals surface area contributed by atoms with Crippen molar-refractivity contribution in [1.82, 2.24) is 0 Å². The largest absolute Gasteiger partial charge is 0.494 e. The van der Waals surface area contributed by atoms with Crippen LogP contribution in [-0.4, -0.2) is 19.2 Å². The lowest BCUT2D eigenvalue weighted by Crippen LogP contribution is -2.10. The Morgan fingerprint density at radius 2 is 1.66 bits per heavy atom. The second-order valence-corrected chi connectivity index (χ2v) is 8.05. The predicted molar refractivity (Wildman–Crippen MR) is 134 cm³/mol. The van der Waals surface area contributed by atoms with Crippen molar-refractivity contribution in [2.45, 2.75) is 32.8 Å². The molecule has 0 radical (unpaired) electrons. The van der Waals surface area contributed by atoms with E-state index < -0.39 is 5.97 Å². The minimum absolute atomic E-state index is 0.148. The summed E-state index contributed by atoms with van der Waals surface area (Å²) < 4.78 is 22.4. The topological polar surface area (TPSA) is 75.0 Å². The molecular weight excluding hydrogens is 444 g/mol. The average Bonchev–Trinajstić information content (AvgIpc) is 2.89. The summed E-state index contributed by atoms with van der Waals surface area (Å²) in [6.07, 6.45) is 3.12.